The van der Waals surface area contributed by atoms with Crippen LogP contribution in [-0.4, -0.2) is 25.3 Å². The minimum absolute atomic E-state index is 0.0168. The molecule has 0 spiro atoms. The maximum atomic E-state index is 12.4. The van der Waals surface area contributed by atoms with Crippen molar-refractivity contribution >= 4 is 17.7 Å². The molecule has 0 saturated heterocycles. The number of nitrogens with one attached hydrogen (secondary N) is 1. The Hall–Kier alpha value is -2.20. The Labute approximate surface area is 148 Å². The molecule has 0 aromatic heterocycles. The average molecular weight is 341 g/mol. The molecule has 0 aliphatic carbocycles. The van der Waals surface area contributed by atoms with E-state index in [0.717, 1.165) is 34.8 Å². The summed E-state index contributed by atoms with van der Waals surface area (Å²) in [4.78, 5) is 13.3. The van der Waals surface area contributed by atoms with Gasteiger partial charge in [-0.15, -0.1) is 18.3 Å². The van der Waals surface area contributed by atoms with Gasteiger partial charge in [0.05, 0.1) is 12.7 Å². The van der Waals surface area contributed by atoms with E-state index in [9.17, 15) is 4.79 Å². The van der Waals surface area contributed by atoms with Crippen LogP contribution in [0.2, 0.25) is 0 Å². The zero-order valence-corrected chi connectivity index (χ0v) is 14.8. The molecular weight excluding hydrogens is 318 g/mol. The molecule has 24 heavy (non-hydrogen) atoms. The number of aryl methyl sites for hydroxylation is 1. The standard InChI is InChI=1S/C20H23NO2S/c1-3-15-24-19-9-5-4-8-18(19)20(22)21-14-6-7-16-10-12-17(23-2)13-11-16/h3-5,8-13H,1,6-7,14-15H2,2H3,(H,21,22). The van der Waals surface area contributed by atoms with Crippen LogP contribution in [0.25, 0.3) is 0 Å². The van der Waals surface area contributed by atoms with Crippen molar-refractivity contribution < 1.29 is 9.53 Å². The molecule has 2 rings (SSSR count). The Morgan fingerprint density at radius 3 is 2.67 bits per heavy atom. The van der Waals surface area contributed by atoms with Crippen LogP contribution in [0.3, 0.4) is 0 Å². The lowest BCUT2D eigenvalue weighted by Crippen LogP contribution is -2.25. The van der Waals surface area contributed by atoms with Gasteiger partial charge in [-0.1, -0.05) is 30.3 Å². The number of rotatable bonds is 9. The van der Waals surface area contributed by atoms with E-state index in [1.807, 2.05) is 42.5 Å². The van der Waals surface area contributed by atoms with E-state index in [4.69, 9.17) is 4.74 Å². The molecule has 2 aromatic carbocycles. The molecule has 3 nitrogen and oxygen atoms in total. The fourth-order valence-corrected chi connectivity index (χ4v) is 3.10. The van der Waals surface area contributed by atoms with Crippen molar-refractivity contribution in [2.24, 2.45) is 0 Å². The molecule has 4 heteroatoms. The predicted molar refractivity (Wildman–Crippen MR) is 101 cm³/mol. The third-order valence-corrected chi connectivity index (χ3v) is 4.64. The molecule has 126 valence electrons. The van der Waals surface area contributed by atoms with Crippen LogP contribution in [0.15, 0.2) is 66.1 Å². The maximum absolute atomic E-state index is 12.4. The zero-order valence-electron chi connectivity index (χ0n) is 14.0. The van der Waals surface area contributed by atoms with Crippen LogP contribution >= 0.6 is 11.8 Å². The number of amides is 1. The summed E-state index contributed by atoms with van der Waals surface area (Å²) in [6, 6.07) is 15.7. The highest BCUT2D eigenvalue weighted by molar-refractivity contribution is 7.99. The molecule has 0 unspecified atom stereocenters. The lowest BCUT2D eigenvalue weighted by atomic mass is 10.1. The fourth-order valence-electron chi connectivity index (χ4n) is 2.31. The van der Waals surface area contributed by atoms with Gasteiger partial charge in [0.15, 0.2) is 0 Å². The van der Waals surface area contributed by atoms with Crippen molar-refractivity contribution in [2.45, 2.75) is 17.7 Å². The van der Waals surface area contributed by atoms with Crippen molar-refractivity contribution in [3.63, 3.8) is 0 Å². The number of carbonyl (C=O) groups is 1. The first-order valence-electron chi connectivity index (χ1n) is 7.98. The molecule has 0 heterocycles. The summed E-state index contributed by atoms with van der Waals surface area (Å²) < 4.78 is 5.15. The minimum atomic E-state index is -0.0168. The van der Waals surface area contributed by atoms with Gasteiger partial charge in [-0.25, -0.2) is 0 Å². The van der Waals surface area contributed by atoms with E-state index in [0.29, 0.717) is 6.54 Å². The Bertz CT molecular complexity index is 668. The first-order valence-corrected chi connectivity index (χ1v) is 8.97. The molecule has 0 radical (unpaired) electrons. The highest BCUT2D eigenvalue weighted by Gasteiger charge is 2.10. The molecule has 1 N–H and O–H groups in total. The Morgan fingerprint density at radius 2 is 1.96 bits per heavy atom. The smallest absolute Gasteiger partial charge is 0.252 e. The number of hydrogen-bond donors (Lipinski definition) is 1. The van der Waals surface area contributed by atoms with Gasteiger partial charge >= 0.3 is 0 Å². The number of thioether (sulfide) groups is 1. The first kappa shape index (κ1) is 18.1. The van der Waals surface area contributed by atoms with Gasteiger partial charge in [0, 0.05) is 17.2 Å². The maximum Gasteiger partial charge on any atom is 0.252 e. The van der Waals surface area contributed by atoms with Crippen LogP contribution in [0.5, 0.6) is 5.75 Å². The fraction of sp³-hybridized carbons (Fsp3) is 0.250. The highest BCUT2D eigenvalue weighted by atomic mass is 32.2. The Kier molecular flexibility index (Phi) is 7.43. The van der Waals surface area contributed by atoms with E-state index in [2.05, 4.69) is 24.0 Å². The van der Waals surface area contributed by atoms with Crippen molar-refractivity contribution in [1.29, 1.82) is 0 Å². The summed E-state index contributed by atoms with van der Waals surface area (Å²) in [5.74, 6) is 1.64. The van der Waals surface area contributed by atoms with E-state index in [1.165, 1.54) is 5.56 Å². The van der Waals surface area contributed by atoms with Crippen molar-refractivity contribution in [3.05, 3.63) is 72.3 Å². The number of methoxy groups -OCH3 is 1. The molecule has 2 aromatic rings. The monoisotopic (exact) mass is 341 g/mol. The van der Waals surface area contributed by atoms with Crippen molar-refractivity contribution in [2.75, 3.05) is 19.4 Å². The van der Waals surface area contributed by atoms with Crippen LogP contribution < -0.4 is 10.1 Å². The lowest BCUT2D eigenvalue weighted by molar-refractivity contribution is 0.0950. The first-order chi connectivity index (χ1) is 11.7. The van der Waals surface area contributed by atoms with Crippen LogP contribution in [0, 0.1) is 0 Å². The van der Waals surface area contributed by atoms with Crippen molar-refractivity contribution in [3.8, 4) is 5.75 Å². The Morgan fingerprint density at radius 1 is 1.21 bits per heavy atom. The van der Waals surface area contributed by atoms with E-state index < -0.39 is 0 Å². The molecule has 0 fully saturated rings. The lowest BCUT2D eigenvalue weighted by Gasteiger charge is -2.09. The molecule has 0 atom stereocenters. The molecule has 0 saturated carbocycles. The predicted octanol–water partition coefficient (Wildman–Crippen LogP) is 4.34. The molecule has 0 aliphatic rings. The van der Waals surface area contributed by atoms with Gasteiger partial charge in [-0.05, 0) is 42.7 Å². The largest absolute Gasteiger partial charge is 0.497 e. The normalized spacial score (nSPS) is 10.2. The second-order valence-electron chi connectivity index (χ2n) is 5.30. The van der Waals surface area contributed by atoms with Crippen LogP contribution in [0.4, 0.5) is 0 Å². The third-order valence-electron chi connectivity index (χ3n) is 3.58. The average Bonchev–Trinajstić information content (AvgIpc) is 2.64. The van der Waals surface area contributed by atoms with E-state index >= 15 is 0 Å². The zero-order chi connectivity index (χ0) is 17.2. The second kappa shape index (κ2) is 9.83. The van der Waals surface area contributed by atoms with E-state index in [-0.39, 0.29) is 5.91 Å². The molecule has 0 aliphatic heterocycles. The molecular formula is C20H23NO2S. The molecule has 0 bridgehead atoms. The summed E-state index contributed by atoms with van der Waals surface area (Å²) in [5.41, 5.74) is 1.97. The topological polar surface area (TPSA) is 38.3 Å². The summed E-state index contributed by atoms with van der Waals surface area (Å²) in [7, 11) is 1.66. The summed E-state index contributed by atoms with van der Waals surface area (Å²) >= 11 is 1.62. The van der Waals surface area contributed by atoms with Gasteiger partial charge in [-0.3, -0.25) is 4.79 Å². The third kappa shape index (κ3) is 5.46. The van der Waals surface area contributed by atoms with Gasteiger partial charge in [-0.2, -0.15) is 0 Å². The SMILES string of the molecule is C=CCSc1ccccc1C(=O)NCCCc1ccc(OC)cc1. The summed E-state index contributed by atoms with van der Waals surface area (Å²) in [6.45, 7) is 4.38. The quantitative estimate of drug-likeness (QED) is 0.419. The van der Waals surface area contributed by atoms with Gasteiger partial charge in [0.25, 0.3) is 5.91 Å². The van der Waals surface area contributed by atoms with Crippen molar-refractivity contribution in [1.82, 2.24) is 5.32 Å². The summed E-state index contributed by atoms with van der Waals surface area (Å²) in [6.07, 6.45) is 3.67. The van der Waals surface area contributed by atoms with Gasteiger partial charge < -0.3 is 10.1 Å². The van der Waals surface area contributed by atoms with Gasteiger partial charge in [0.1, 0.15) is 5.75 Å². The number of carbonyl (C=O) groups excluding carboxylic acids is 1. The number of benzene rings is 2. The minimum Gasteiger partial charge on any atom is -0.497 e. The Balaban J connectivity index is 1.81. The highest BCUT2D eigenvalue weighted by Crippen LogP contribution is 2.22. The van der Waals surface area contributed by atoms with Gasteiger partial charge in [0.2, 0.25) is 0 Å². The summed E-state index contributed by atoms with van der Waals surface area (Å²) in [5, 5.41) is 3.01. The number of ether oxygens (including phenoxy) is 1. The number of hydrogen-bond acceptors (Lipinski definition) is 3. The van der Waals surface area contributed by atoms with E-state index in [1.54, 1.807) is 18.9 Å². The van der Waals surface area contributed by atoms with Crippen LogP contribution in [0.1, 0.15) is 22.3 Å². The van der Waals surface area contributed by atoms with Crippen LogP contribution in [-0.2, 0) is 6.42 Å². The molecule has 1 amide bonds. The second-order valence-corrected chi connectivity index (χ2v) is 6.37.